The highest BCUT2D eigenvalue weighted by Gasteiger charge is 2.19. The van der Waals surface area contributed by atoms with E-state index in [2.05, 4.69) is 5.32 Å². The van der Waals surface area contributed by atoms with Crippen molar-refractivity contribution in [2.24, 2.45) is 0 Å². The molecule has 0 fully saturated rings. The van der Waals surface area contributed by atoms with Crippen LogP contribution in [0.15, 0.2) is 48.5 Å². The van der Waals surface area contributed by atoms with Crippen LogP contribution < -0.4 is 5.32 Å². The van der Waals surface area contributed by atoms with Gasteiger partial charge in [0, 0.05) is 5.69 Å². The van der Waals surface area contributed by atoms with Gasteiger partial charge in [0.15, 0.2) is 6.10 Å². The average molecular weight is 301 g/mol. The summed E-state index contributed by atoms with van der Waals surface area (Å²) in [4.78, 5) is 23.8. The molecule has 0 aromatic heterocycles. The molecule has 0 aliphatic rings. The first-order valence-electron chi connectivity index (χ1n) is 6.80. The van der Waals surface area contributed by atoms with E-state index in [1.807, 2.05) is 19.1 Å². The Bertz CT molecular complexity index is 665. The lowest BCUT2D eigenvalue weighted by molar-refractivity contribution is -0.123. The lowest BCUT2D eigenvalue weighted by atomic mass is 10.2. The van der Waals surface area contributed by atoms with Crippen molar-refractivity contribution in [3.63, 3.8) is 0 Å². The number of halogens is 1. The monoisotopic (exact) mass is 301 g/mol. The van der Waals surface area contributed by atoms with Crippen LogP contribution in [-0.2, 0) is 9.53 Å². The van der Waals surface area contributed by atoms with Crippen LogP contribution in [0.4, 0.5) is 10.1 Å². The van der Waals surface area contributed by atoms with Crippen molar-refractivity contribution >= 4 is 17.6 Å². The molecule has 22 heavy (non-hydrogen) atoms. The van der Waals surface area contributed by atoms with Gasteiger partial charge in [-0.1, -0.05) is 17.7 Å². The minimum Gasteiger partial charge on any atom is -0.449 e. The molecular weight excluding hydrogens is 285 g/mol. The van der Waals surface area contributed by atoms with Crippen molar-refractivity contribution in [3.8, 4) is 0 Å². The predicted molar refractivity (Wildman–Crippen MR) is 81.1 cm³/mol. The fraction of sp³-hybridized carbons (Fsp3) is 0.176. The van der Waals surface area contributed by atoms with Crippen molar-refractivity contribution in [2.45, 2.75) is 20.0 Å². The zero-order valence-corrected chi connectivity index (χ0v) is 12.3. The van der Waals surface area contributed by atoms with Crippen molar-refractivity contribution < 1.29 is 18.7 Å². The summed E-state index contributed by atoms with van der Waals surface area (Å²) in [5, 5.41) is 2.66. The predicted octanol–water partition coefficient (Wildman–Crippen LogP) is 3.32. The number of anilines is 1. The van der Waals surface area contributed by atoms with Crippen LogP contribution in [0.3, 0.4) is 0 Å². The van der Waals surface area contributed by atoms with E-state index in [1.54, 1.807) is 12.1 Å². The third-order valence-corrected chi connectivity index (χ3v) is 3.05. The quantitative estimate of drug-likeness (QED) is 0.881. The maximum atomic E-state index is 12.8. The summed E-state index contributed by atoms with van der Waals surface area (Å²) < 4.78 is 17.9. The van der Waals surface area contributed by atoms with E-state index < -0.39 is 23.8 Å². The summed E-state index contributed by atoms with van der Waals surface area (Å²) >= 11 is 0. The molecule has 2 aromatic rings. The molecule has 0 aliphatic carbocycles. The van der Waals surface area contributed by atoms with Crippen molar-refractivity contribution in [1.82, 2.24) is 0 Å². The van der Waals surface area contributed by atoms with Crippen LogP contribution in [-0.4, -0.2) is 18.0 Å². The number of rotatable bonds is 4. The summed E-state index contributed by atoms with van der Waals surface area (Å²) in [6.07, 6.45) is -0.959. The minimum atomic E-state index is -0.959. The maximum Gasteiger partial charge on any atom is 0.338 e. The number of ether oxygens (including phenoxy) is 1. The number of carbonyl (C=O) groups is 2. The highest BCUT2D eigenvalue weighted by molar-refractivity contribution is 5.97. The van der Waals surface area contributed by atoms with Crippen LogP contribution in [0.2, 0.25) is 0 Å². The third-order valence-electron chi connectivity index (χ3n) is 3.05. The molecule has 0 aliphatic heterocycles. The van der Waals surface area contributed by atoms with Crippen LogP contribution in [0.5, 0.6) is 0 Å². The molecule has 0 saturated carbocycles. The van der Waals surface area contributed by atoms with Gasteiger partial charge in [0.1, 0.15) is 5.82 Å². The first-order chi connectivity index (χ1) is 10.5. The second-order valence-electron chi connectivity index (χ2n) is 4.91. The van der Waals surface area contributed by atoms with E-state index in [0.717, 1.165) is 17.7 Å². The molecule has 0 heterocycles. The van der Waals surface area contributed by atoms with Gasteiger partial charge in [-0.2, -0.15) is 0 Å². The fourth-order valence-electron chi connectivity index (χ4n) is 1.75. The number of hydrogen-bond donors (Lipinski definition) is 1. The Morgan fingerprint density at radius 1 is 1.05 bits per heavy atom. The van der Waals surface area contributed by atoms with Gasteiger partial charge >= 0.3 is 5.97 Å². The molecule has 5 heteroatoms. The summed E-state index contributed by atoms with van der Waals surface area (Å²) in [6.45, 7) is 3.42. The van der Waals surface area contributed by atoms with Gasteiger partial charge in [0.2, 0.25) is 0 Å². The minimum absolute atomic E-state index is 0.191. The average Bonchev–Trinajstić information content (AvgIpc) is 2.50. The molecular formula is C17H16FNO3. The van der Waals surface area contributed by atoms with E-state index in [9.17, 15) is 14.0 Å². The van der Waals surface area contributed by atoms with Gasteiger partial charge in [-0.25, -0.2) is 9.18 Å². The molecule has 0 saturated heterocycles. The van der Waals surface area contributed by atoms with Crippen molar-refractivity contribution in [3.05, 3.63) is 65.5 Å². The van der Waals surface area contributed by atoms with Crippen molar-refractivity contribution in [2.75, 3.05) is 5.32 Å². The van der Waals surface area contributed by atoms with Gasteiger partial charge in [-0.3, -0.25) is 4.79 Å². The zero-order valence-electron chi connectivity index (χ0n) is 12.3. The Morgan fingerprint density at radius 2 is 1.64 bits per heavy atom. The number of esters is 1. The van der Waals surface area contributed by atoms with Gasteiger partial charge < -0.3 is 10.1 Å². The number of aryl methyl sites for hydroxylation is 1. The second-order valence-corrected chi connectivity index (χ2v) is 4.91. The first kappa shape index (κ1) is 15.7. The van der Waals surface area contributed by atoms with E-state index in [0.29, 0.717) is 5.69 Å². The summed E-state index contributed by atoms with van der Waals surface area (Å²) in [7, 11) is 0. The number of hydrogen-bond acceptors (Lipinski definition) is 3. The number of carbonyl (C=O) groups excluding carboxylic acids is 2. The Hall–Kier alpha value is -2.69. The normalized spacial score (nSPS) is 11.6. The van der Waals surface area contributed by atoms with Crippen LogP contribution in [0.25, 0.3) is 0 Å². The lowest BCUT2D eigenvalue weighted by Crippen LogP contribution is -2.30. The number of amides is 1. The Kier molecular flexibility index (Phi) is 4.88. The Morgan fingerprint density at radius 3 is 2.23 bits per heavy atom. The molecule has 1 atom stereocenters. The molecule has 0 spiro atoms. The second kappa shape index (κ2) is 6.85. The van der Waals surface area contributed by atoms with Crippen LogP contribution >= 0.6 is 0 Å². The first-order valence-corrected chi connectivity index (χ1v) is 6.80. The molecule has 2 aromatic carbocycles. The Balaban J connectivity index is 1.94. The SMILES string of the molecule is Cc1ccc(NC(=O)[C@@H](C)OC(=O)c2ccc(F)cc2)cc1. The number of nitrogens with one attached hydrogen (secondary N) is 1. The molecule has 1 N–H and O–H groups in total. The van der Waals surface area contributed by atoms with E-state index >= 15 is 0 Å². The summed E-state index contributed by atoms with van der Waals surface area (Å²) in [6, 6.07) is 12.2. The Labute approximate surface area is 127 Å². The maximum absolute atomic E-state index is 12.8. The molecule has 4 nitrogen and oxygen atoms in total. The molecule has 1 amide bonds. The highest BCUT2D eigenvalue weighted by Crippen LogP contribution is 2.11. The standard InChI is InChI=1S/C17H16FNO3/c1-11-3-9-15(10-4-11)19-16(20)12(2)22-17(21)13-5-7-14(18)8-6-13/h3-10,12H,1-2H3,(H,19,20)/t12-/m1/s1. The van der Waals surface area contributed by atoms with Gasteiger partial charge in [-0.05, 0) is 50.2 Å². The van der Waals surface area contributed by atoms with Crippen molar-refractivity contribution in [1.29, 1.82) is 0 Å². The topological polar surface area (TPSA) is 55.4 Å². The molecule has 2 rings (SSSR count). The van der Waals surface area contributed by atoms with Crippen LogP contribution in [0.1, 0.15) is 22.8 Å². The van der Waals surface area contributed by atoms with Crippen LogP contribution in [0, 0.1) is 12.7 Å². The zero-order chi connectivity index (χ0) is 16.1. The van der Waals surface area contributed by atoms with Gasteiger partial charge in [-0.15, -0.1) is 0 Å². The highest BCUT2D eigenvalue weighted by atomic mass is 19.1. The molecule has 0 unspecified atom stereocenters. The van der Waals surface area contributed by atoms with E-state index in [1.165, 1.54) is 19.1 Å². The van der Waals surface area contributed by atoms with E-state index in [4.69, 9.17) is 4.74 Å². The molecule has 114 valence electrons. The summed E-state index contributed by atoms with van der Waals surface area (Å²) in [5.74, 6) is -1.55. The molecule has 0 radical (unpaired) electrons. The lowest BCUT2D eigenvalue weighted by Gasteiger charge is -2.13. The molecule has 0 bridgehead atoms. The number of benzene rings is 2. The fourth-order valence-corrected chi connectivity index (χ4v) is 1.75. The largest absolute Gasteiger partial charge is 0.449 e. The smallest absolute Gasteiger partial charge is 0.338 e. The van der Waals surface area contributed by atoms with Gasteiger partial charge in [0.25, 0.3) is 5.91 Å². The third kappa shape index (κ3) is 4.15. The summed E-state index contributed by atoms with van der Waals surface area (Å²) in [5.41, 5.74) is 1.89. The van der Waals surface area contributed by atoms with E-state index in [-0.39, 0.29) is 5.56 Å². The van der Waals surface area contributed by atoms with Gasteiger partial charge in [0.05, 0.1) is 5.56 Å².